The molecule has 4 nitrogen and oxygen atoms in total. The van der Waals surface area contributed by atoms with E-state index in [0.29, 0.717) is 15.2 Å². The van der Waals surface area contributed by atoms with E-state index in [1.54, 1.807) is 12.1 Å². The van der Waals surface area contributed by atoms with E-state index in [2.05, 4.69) is 0 Å². The molecule has 0 bridgehead atoms. The van der Waals surface area contributed by atoms with Crippen LogP contribution in [-0.4, -0.2) is 37.1 Å². The first kappa shape index (κ1) is 17.1. The van der Waals surface area contributed by atoms with Gasteiger partial charge in [-0.05, 0) is 42.5 Å². The van der Waals surface area contributed by atoms with E-state index in [4.69, 9.17) is 35.4 Å². The number of benzene rings is 2. The van der Waals surface area contributed by atoms with Gasteiger partial charge in [0.25, 0.3) is 0 Å². The fourth-order valence-corrected chi connectivity index (χ4v) is 6.22. The molecular formula is C17H14Cl2N2O2S2. The van der Waals surface area contributed by atoms with E-state index in [0.717, 1.165) is 11.4 Å². The van der Waals surface area contributed by atoms with Gasteiger partial charge in [-0.2, -0.15) is 0 Å². The second-order valence-electron chi connectivity index (χ2n) is 6.17. The fourth-order valence-electron chi connectivity index (χ4n) is 3.53. The highest BCUT2D eigenvalue weighted by Crippen LogP contribution is 2.39. The smallest absolute Gasteiger partial charge is 0.181 e. The molecule has 2 heterocycles. The summed E-state index contributed by atoms with van der Waals surface area (Å²) in [6.45, 7) is 0. The number of nitrogens with zero attached hydrogens (tertiary/aromatic N) is 2. The molecule has 0 saturated carbocycles. The highest BCUT2D eigenvalue weighted by molar-refractivity contribution is 7.91. The van der Waals surface area contributed by atoms with Gasteiger partial charge in [-0.15, -0.1) is 0 Å². The Hall–Kier alpha value is -1.34. The molecule has 0 aliphatic carbocycles. The molecule has 0 N–H and O–H groups in total. The summed E-state index contributed by atoms with van der Waals surface area (Å²) in [5.41, 5.74) is 1.65. The zero-order chi connectivity index (χ0) is 17.8. The van der Waals surface area contributed by atoms with E-state index in [1.165, 1.54) is 0 Å². The lowest BCUT2D eigenvalue weighted by atomic mass is 10.1. The molecule has 0 amide bonds. The summed E-state index contributed by atoms with van der Waals surface area (Å²) in [5, 5.41) is 1.44. The summed E-state index contributed by atoms with van der Waals surface area (Å²) < 4.78 is 24.6. The fraction of sp³-hybridized carbons (Fsp3) is 0.235. The van der Waals surface area contributed by atoms with Gasteiger partial charge in [0.05, 0.1) is 33.6 Å². The van der Waals surface area contributed by atoms with Crippen molar-refractivity contribution in [2.45, 2.75) is 12.1 Å². The molecule has 2 aromatic carbocycles. The normalized spacial score (nSPS) is 24.6. The molecular weight excluding hydrogens is 399 g/mol. The van der Waals surface area contributed by atoms with Crippen LogP contribution >= 0.6 is 35.4 Å². The zero-order valence-electron chi connectivity index (χ0n) is 13.0. The van der Waals surface area contributed by atoms with E-state index >= 15 is 0 Å². The summed E-state index contributed by atoms with van der Waals surface area (Å²) in [7, 11) is -3.13. The molecule has 4 rings (SSSR count). The third-order valence-electron chi connectivity index (χ3n) is 4.58. The number of anilines is 2. The summed E-state index contributed by atoms with van der Waals surface area (Å²) in [6, 6.07) is 14.4. The molecule has 8 heteroatoms. The van der Waals surface area contributed by atoms with Gasteiger partial charge in [-0.25, -0.2) is 8.42 Å². The molecule has 2 fully saturated rings. The zero-order valence-corrected chi connectivity index (χ0v) is 16.1. The number of fused-ring (bicyclic) bond motifs is 1. The van der Waals surface area contributed by atoms with Gasteiger partial charge >= 0.3 is 0 Å². The molecule has 25 heavy (non-hydrogen) atoms. The maximum absolute atomic E-state index is 12.3. The monoisotopic (exact) mass is 412 g/mol. The first-order chi connectivity index (χ1) is 11.9. The topological polar surface area (TPSA) is 40.6 Å². The highest BCUT2D eigenvalue weighted by Gasteiger charge is 2.52. The van der Waals surface area contributed by atoms with Crippen LogP contribution in [0.25, 0.3) is 0 Å². The summed E-state index contributed by atoms with van der Waals surface area (Å²) >= 11 is 17.9. The standard InChI is InChI=1S/C17H14Cl2N2O2S2/c18-13-7-6-12(8-14(13)19)21-16-10-25(22,23)9-15(16)20(17(21)24)11-4-2-1-3-5-11/h1-8,15-16H,9-10H2/t15-,16+/m1/s1. The van der Waals surface area contributed by atoms with Crippen LogP contribution in [0.5, 0.6) is 0 Å². The van der Waals surface area contributed by atoms with E-state index in [1.807, 2.05) is 46.2 Å². The van der Waals surface area contributed by atoms with Crippen molar-refractivity contribution in [2.24, 2.45) is 0 Å². The number of hydrogen-bond acceptors (Lipinski definition) is 3. The van der Waals surface area contributed by atoms with E-state index in [-0.39, 0.29) is 23.6 Å². The third kappa shape index (κ3) is 2.91. The van der Waals surface area contributed by atoms with Gasteiger partial charge in [-0.1, -0.05) is 41.4 Å². The Bertz CT molecular complexity index is 950. The lowest BCUT2D eigenvalue weighted by molar-refractivity contribution is 0.601. The van der Waals surface area contributed by atoms with Crippen LogP contribution in [0.3, 0.4) is 0 Å². The van der Waals surface area contributed by atoms with Crippen molar-refractivity contribution >= 4 is 61.7 Å². The molecule has 0 unspecified atom stereocenters. The third-order valence-corrected chi connectivity index (χ3v) is 7.42. The predicted molar refractivity (Wildman–Crippen MR) is 107 cm³/mol. The first-order valence-electron chi connectivity index (χ1n) is 7.70. The maximum Gasteiger partial charge on any atom is 0.181 e. The van der Waals surface area contributed by atoms with Gasteiger partial charge in [0.2, 0.25) is 0 Å². The first-order valence-corrected chi connectivity index (χ1v) is 10.7. The number of rotatable bonds is 2. The van der Waals surface area contributed by atoms with Crippen molar-refractivity contribution in [3.8, 4) is 0 Å². The molecule has 0 radical (unpaired) electrons. The average Bonchev–Trinajstić information content (AvgIpc) is 3.00. The van der Waals surface area contributed by atoms with E-state index < -0.39 is 9.84 Å². The Balaban J connectivity index is 1.82. The molecule has 2 aliphatic rings. The van der Waals surface area contributed by atoms with Crippen molar-refractivity contribution in [3.05, 3.63) is 58.6 Å². The molecule has 2 atom stereocenters. The van der Waals surface area contributed by atoms with Crippen LogP contribution in [0.4, 0.5) is 11.4 Å². The summed E-state index contributed by atoms with van der Waals surface area (Å²) in [5.74, 6) is 0.159. The van der Waals surface area contributed by atoms with Gasteiger partial charge in [0.1, 0.15) is 0 Å². The SMILES string of the molecule is O=S1(=O)C[C@@H]2[C@H](C1)N(c1ccc(Cl)c(Cl)c1)C(=S)N2c1ccccc1. The Labute approximate surface area is 161 Å². The quantitative estimate of drug-likeness (QED) is 0.702. The molecule has 2 saturated heterocycles. The Kier molecular flexibility index (Phi) is 4.19. The second-order valence-corrected chi connectivity index (χ2v) is 9.50. The minimum Gasteiger partial charge on any atom is -0.312 e. The van der Waals surface area contributed by atoms with Crippen LogP contribution in [0.2, 0.25) is 10.0 Å². The summed E-state index contributed by atoms with van der Waals surface area (Å²) in [6.07, 6.45) is 0. The molecule has 130 valence electrons. The number of para-hydroxylation sites is 1. The number of thiocarbonyl (C=S) groups is 1. The molecule has 2 aliphatic heterocycles. The van der Waals surface area contributed by atoms with Crippen molar-refractivity contribution in [2.75, 3.05) is 21.3 Å². The largest absolute Gasteiger partial charge is 0.312 e. The Morgan fingerprint density at radius 2 is 1.48 bits per heavy atom. The minimum atomic E-state index is -3.13. The van der Waals surface area contributed by atoms with Gasteiger partial charge in [0, 0.05) is 11.4 Å². The number of halogens is 2. The number of hydrogen-bond donors (Lipinski definition) is 0. The lowest BCUT2D eigenvalue weighted by Crippen LogP contribution is -2.37. The minimum absolute atomic E-state index is 0.0708. The number of sulfone groups is 1. The Morgan fingerprint density at radius 3 is 2.08 bits per heavy atom. The van der Waals surface area contributed by atoms with Crippen LogP contribution in [0, 0.1) is 0 Å². The van der Waals surface area contributed by atoms with Crippen molar-refractivity contribution in [3.63, 3.8) is 0 Å². The van der Waals surface area contributed by atoms with Crippen molar-refractivity contribution in [1.82, 2.24) is 0 Å². The second kappa shape index (κ2) is 6.13. The van der Waals surface area contributed by atoms with Crippen LogP contribution in [-0.2, 0) is 9.84 Å². The van der Waals surface area contributed by atoms with Crippen LogP contribution in [0.1, 0.15) is 0 Å². The van der Waals surface area contributed by atoms with Gasteiger partial charge in [-0.3, -0.25) is 0 Å². The highest BCUT2D eigenvalue weighted by atomic mass is 35.5. The van der Waals surface area contributed by atoms with E-state index in [9.17, 15) is 8.42 Å². The van der Waals surface area contributed by atoms with Crippen LogP contribution in [0.15, 0.2) is 48.5 Å². The molecule has 2 aromatic rings. The van der Waals surface area contributed by atoms with Crippen LogP contribution < -0.4 is 9.80 Å². The Morgan fingerprint density at radius 1 is 0.880 bits per heavy atom. The average molecular weight is 413 g/mol. The summed E-state index contributed by atoms with van der Waals surface area (Å²) in [4.78, 5) is 3.83. The lowest BCUT2D eigenvalue weighted by Gasteiger charge is -2.26. The molecule has 0 spiro atoms. The van der Waals surface area contributed by atoms with Crippen molar-refractivity contribution < 1.29 is 8.42 Å². The molecule has 0 aromatic heterocycles. The van der Waals surface area contributed by atoms with Gasteiger partial charge < -0.3 is 9.80 Å². The van der Waals surface area contributed by atoms with Crippen molar-refractivity contribution in [1.29, 1.82) is 0 Å². The maximum atomic E-state index is 12.3. The van der Waals surface area contributed by atoms with Gasteiger partial charge in [0.15, 0.2) is 14.9 Å². The predicted octanol–water partition coefficient (Wildman–Crippen LogP) is 3.77.